The van der Waals surface area contributed by atoms with Crippen LogP contribution in [-0.4, -0.2) is 83.1 Å². The largest absolute Gasteiger partial charge is 0.492 e. The van der Waals surface area contributed by atoms with Crippen LogP contribution >= 0.6 is 0 Å². The van der Waals surface area contributed by atoms with Crippen molar-refractivity contribution in [3.8, 4) is 5.75 Å². The average molecular weight is 524 g/mol. The molecule has 2 fully saturated rings. The minimum Gasteiger partial charge on any atom is -0.492 e. The maximum absolute atomic E-state index is 13.6. The van der Waals surface area contributed by atoms with Crippen molar-refractivity contribution in [1.29, 1.82) is 0 Å². The second-order valence-corrected chi connectivity index (χ2v) is 10.1. The summed E-state index contributed by atoms with van der Waals surface area (Å²) in [7, 11) is 0. The minimum atomic E-state index is -2.87. The topological polar surface area (TPSA) is 108 Å². The van der Waals surface area contributed by atoms with Crippen molar-refractivity contribution < 1.29 is 23.1 Å². The molecule has 3 aliphatic heterocycles. The Bertz CT molecular complexity index is 1480. The second kappa shape index (κ2) is 9.46. The smallest absolute Gasteiger partial charge is 0.272 e. The Hall–Kier alpha value is -3.86. The molecule has 3 aromatic rings. The average Bonchev–Trinajstić information content (AvgIpc) is 3.55. The number of piperazine rings is 1. The summed E-state index contributed by atoms with van der Waals surface area (Å²) in [5.74, 6) is -2.84. The molecule has 0 radical (unpaired) electrons. The quantitative estimate of drug-likeness (QED) is 0.540. The van der Waals surface area contributed by atoms with Crippen molar-refractivity contribution >= 4 is 22.6 Å². The number of ether oxygens (including phenoxy) is 1. The SMILES string of the molecule is O=C(c1cc(Cc2n[nH]c(=O)c3ccccc23)cc2c1OCC2)N1CCN(C(=O)C2CC(F)(F)CN2)CC1. The first-order valence-corrected chi connectivity index (χ1v) is 12.7. The summed E-state index contributed by atoms with van der Waals surface area (Å²) in [5, 5.41) is 10.8. The van der Waals surface area contributed by atoms with Crippen LogP contribution in [0.4, 0.5) is 8.78 Å². The number of H-pyrrole nitrogens is 1. The number of rotatable bonds is 4. The van der Waals surface area contributed by atoms with Gasteiger partial charge in [-0.15, -0.1) is 0 Å². The van der Waals surface area contributed by atoms with Crippen molar-refractivity contribution in [3.63, 3.8) is 0 Å². The number of hydrogen-bond acceptors (Lipinski definition) is 6. The third-order valence-corrected chi connectivity index (χ3v) is 7.51. The number of amides is 2. The van der Waals surface area contributed by atoms with Crippen molar-refractivity contribution in [2.24, 2.45) is 0 Å². The number of fused-ring (bicyclic) bond motifs is 2. The fourth-order valence-electron chi connectivity index (χ4n) is 5.55. The molecular weight excluding hydrogens is 496 g/mol. The Labute approximate surface area is 216 Å². The van der Waals surface area contributed by atoms with Gasteiger partial charge in [0.1, 0.15) is 5.75 Å². The minimum absolute atomic E-state index is 0.193. The van der Waals surface area contributed by atoms with Gasteiger partial charge in [-0.05, 0) is 23.3 Å². The highest BCUT2D eigenvalue weighted by atomic mass is 19.3. The van der Waals surface area contributed by atoms with Gasteiger partial charge in [0, 0.05) is 50.8 Å². The highest BCUT2D eigenvalue weighted by Crippen LogP contribution is 2.33. The summed E-state index contributed by atoms with van der Waals surface area (Å²) in [5.41, 5.74) is 2.74. The van der Waals surface area contributed by atoms with Crippen molar-refractivity contribution in [3.05, 3.63) is 69.1 Å². The first-order valence-electron chi connectivity index (χ1n) is 12.7. The Morgan fingerprint density at radius 1 is 1.08 bits per heavy atom. The van der Waals surface area contributed by atoms with Gasteiger partial charge < -0.3 is 14.5 Å². The lowest BCUT2D eigenvalue weighted by atomic mass is 9.98. The Kier molecular flexibility index (Phi) is 6.10. The molecule has 0 aliphatic carbocycles. The molecule has 2 N–H and O–H groups in total. The molecule has 11 heteroatoms. The van der Waals surface area contributed by atoms with Gasteiger partial charge in [0.15, 0.2) is 0 Å². The number of halogens is 2. The Morgan fingerprint density at radius 2 is 1.82 bits per heavy atom. The van der Waals surface area contributed by atoms with Crippen LogP contribution in [0.2, 0.25) is 0 Å². The highest BCUT2D eigenvalue weighted by molar-refractivity contribution is 5.98. The molecule has 1 aromatic heterocycles. The van der Waals surface area contributed by atoms with E-state index in [2.05, 4.69) is 15.5 Å². The maximum Gasteiger partial charge on any atom is 0.272 e. The molecule has 9 nitrogen and oxygen atoms in total. The molecule has 0 spiro atoms. The zero-order chi connectivity index (χ0) is 26.4. The van der Waals surface area contributed by atoms with Gasteiger partial charge in [-0.2, -0.15) is 5.10 Å². The van der Waals surface area contributed by atoms with E-state index in [0.29, 0.717) is 54.9 Å². The van der Waals surface area contributed by atoms with Crippen LogP contribution in [0.15, 0.2) is 41.2 Å². The van der Waals surface area contributed by atoms with Gasteiger partial charge in [0.2, 0.25) is 5.91 Å². The summed E-state index contributed by atoms with van der Waals surface area (Å²) >= 11 is 0. The van der Waals surface area contributed by atoms with Gasteiger partial charge >= 0.3 is 0 Å². The standard InChI is InChI=1S/C27H27F2N5O4/c28-27(29)14-22(30-15-27)26(37)34-8-6-33(7-9-34)25(36)20-12-16(11-17-5-10-38-23(17)20)13-21-18-3-1-2-4-19(18)24(35)32-31-21/h1-4,11-12,22,30H,5-10,13-15H2,(H,32,35). The summed E-state index contributed by atoms with van der Waals surface area (Å²) in [6, 6.07) is 10.2. The molecule has 2 aromatic carbocycles. The van der Waals surface area contributed by atoms with Crippen LogP contribution in [0.1, 0.15) is 33.6 Å². The summed E-state index contributed by atoms with van der Waals surface area (Å²) in [6.07, 6.45) is 0.609. The molecular formula is C27H27F2N5O4. The van der Waals surface area contributed by atoms with E-state index in [1.165, 1.54) is 0 Å². The number of hydrogen-bond donors (Lipinski definition) is 2. The van der Waals surface area contributed by atoms with E-state index in [1.54, 1.807) is 21.9 Å². The molecule has 4 heterocycles. The van der Waals surface area contributed by atoms with Crippen LogP contribution < -0.4 is 15.6 Å². The van der Waals surface area contributed by atoms with E-state index in [4.69, 9.17) is 4.74 Å². The van der Waals surface area contributed by atoms with E-state index in [-0.39, 0.29) is 30.5 Å². The summed E-state index contributed by atoms with van der Waals surface area (Å²) in [4.78, 5) is 41.7. The van der Waals surface area contributed by atoms with E-state index < -0.39 is 24.9 Å². The van der Waals surface area contributed by atoms with Gasteiger partial charge in [-0.3, -0.25) is 19.7 Å². The van der Waals surface area contributed by atoms with E-state index in [1.807, 2.05) is 24.3 Å². The monoisotopic (exact) mass is 523 g/mol. The highest BCUT2D eigenvalue weighted by Gasteiger charge is 2.44. The van der Waals surface area contributed by atoms with Gasteiger partial charge in [-0.25, -0.2) is 13.9 Å². The number of aromatic nitrogens is 2. The zero-order valence-electron chi connectivity index (χ0n) is 20.6. The third kappa shape index (κ3) is 4.51. The van der Waals surface area contributed by atoms with E-state index >= 15 is 0 Å². The Balaban J connectivity index is 1.20. The molecule has 2 saturated heterocycles. The number of benzene rings is 2. The number of carbonyl (C=O) groups excluding carboxylic acids is 2. The first-order chi connectivity index (χ1) is 18.3. The van der Waals surface area contributed by atoms with Crippen LogP contribution in [0.25, 0.3) is 10.8 Å². The number of carbonyl (C=O) groups is 2. The lowest BCUT2D eigenvalue weighted by molar-refractivity contribution is -0.135. The van der Waals surface area contributed by atoms with Crippen LogP contribution in [0, 0.1) is 0 Å². The van der Waals surface area contributed by atoms with Gasteiger partial charge in [0.05, 0.1) is 35.8 Å². The third-order valence-electron chi connectivity index (χ3n) is 7.51. The molecule has 38 heavy (non-hydrogen) atoms. The number of nitrogens with zero attached hydrogens (tertiary/aromatic N) is 3. The fraction of sp³-hybridized carbons (Fsp3) is 0.407. The molecule has 6 rings (SSSR count). The first kappa shape index (κ1) is 24.5. The second-order valence-electron chi connectivity index (χ2n) is 10.1. The van der Waals surface area contributed by atoms with E-state index in [9.17, 15) is 23.2 Å². The summed E-state index contributed by atoms with van der Waals surface area (Å²) < 4.78 is 32.9. The fourth-order valence-corrected chi connectivity index (χ4v) is 5.55. The molecule has 1 unspecified atom stereocenters. The molecule has 1 atom stereocenters. The van der Waals surface area contributed by atoms with Crippen molar-refractivity contribution in [1.82, 2.24) is 25.3 Å². The molecule has 2 amide bonds. The van der Waals surface area contributed by atoms with Crippen LogP contribution in [0.5, 0.6) is 5.75 Å². The van der Waals surface area contributed by atoms with Crippen LogP contribution in [0.3, 0.4) is 0 Å². The van der Waals surface area contributed by atoms with Crippen molar-refractivity contribution in [2.75, 3.05) is 39.3 Å². The van der Waals surface area contributed by atoms with Gasteiger partial charge in [-0.1, -0.05) is 24.3 Å². The number of nitrogens with one attached hydrogen (secondary N) is 2. The molecule has 198 valence electrons. The van der Waals surface area contributed by atoms with Crippen LogP contribution in [-0.2, 0) is 17.6 Å². The van der Waals surface area contributed by atoms with Crippen molar-refractivity contribution in [2.45, 2.75) is 31.2 Å². The molecule has 0 saturated carbocycles. The predicted octanol–water partition coefficient (Wildman–Crippen LogP) is 1.73. The predicted molar refractivity (Wildman–Crippen MR) is 135 cm³/mol. The lowest BCUT2D eigenvalue weighted by Gasteiger charge is -2.36. The maximum atomic E-state index is 13.6. The zero-order valence-corrected chi connectivity index (χ0v) is 20.6. The normalized spacial score (nSPS) is 20.4. The molecule has 3 aliphatic rings. The van der Waals surface area contributed by atoms with E-state index in [0.717, 1.165) is 16.5 Å². The Morgan fingerprint density at radius 3 is 2.55 bits per heavy atom. The van der Waals surface area contributed by atoms with Gasteiger partial charge in [0.25, 0.3) is 17.4 Å². The number of aromatic amines is 1. The number of alkyl halides is 2. The molecule has 0 bridgehead atoms. The lowest BCUT2D eigenvalue weighted by Crippen LogP contribution is -2.54. The summed E-state index contributed by atoms with van der Waals surface area (Å²) in [6.45, 7) is 1.17.